The Morgan fingerprint density at radius 2 is 1.88 bits per heavy atom. The number of nitrogens with two attached hydrogens (primary N) is 1. The van der Waals surface area contributed by atoms with E-state index in [4.69, 9.17) is 5.73 Å². The van der Waals surface area contributed by atoms with Crippen molar-refractivity contribution < 1.29 is 9.72 Å². The summed E-state index contributed by atoms with van der Waals surface area (Å²) < 4.78 is 0. The maximum atomic E-state index is 12.6. The lowest BCUT2D eigenvalue weighted by molar-refractivity contribution is -0.383. The molecule has 0 bridgehead atoms. The van der Waals surface area contributed by atoms with Crippen molar-refractivity contribution in [1.29, 1.82) is 0 Å². The number of hydrogen-bond acceptors (Lipinski definition) is 5. The maximum Gasteiger partial charge on any atom is 0.292 e. The van der Waals surface area contributed by atoms with Crippen LogP contribution < -0.4 is 5.73 Å². The summed E-state index contributed by atoms with van der Waals surface area (Å²) in [4.78, 5) is 27.1. The summed E-state index contributed by atoms with van der Waals surface area (Å²) in [5, 5.41) is 11.0. The van der Waals surface area contributed by atoms with Gasteiger partial charge in [0.2, 0.25) is 0 Å². The highest BCUT2D eigenvalue weighted by Crippen LogP contribution is 2.23. The van der Waals surface area contributed by atoms with Gasteiger partial charge in [-0.05, 0) is 24.6 Å². The number of piperazine rings is 1. The van der Waals surface area contributed by atoms with Crippen LogP contribution in [0, 0.1) is 17.0 Å². The zero-order valence-corrected chi connectivity index (χ0v) is 14.7. The van der Waals surface area contributed by atoms with Crippen LogP contribution in [0.1, 0.15) is 21.5 Å². The lowest BCUT2D eigenvalue weighted by atomic mass is 10.1. The quantitative estimate of drug-likeness (QED) is 0.517. The molecule has 0 saturated carbocycles. The molecule has 0 unspecified atom stereocenters. The molecule has 2 N–H and O–H groups in total. The second-order valence-electron chi connectivity index (χ2n) is 6.59. The van der Waals surface area contributed by atoms with Gasteiger partial charge in [0.15, 0.2) is 0 Å². The molecule has 0 radical (unpaired) electrons. The van der Waals surface area contributed by atoms with Crippen molar-refractivity contribution in [2.45, 2.75) is 13.5 Å². The smallest absolute Gasteiger partial charge is 0.292 e. The van der Waals surface area contributed by atoms with E-state index in [1.165, 1.54) is 23.3 Å². The van der Waals surface area contributed by atoms with Gasteiger partial charge in [-0.3, -0.25) is 19.8 Å². The van der Waals surface area contributed by atoms with Gasteiger partial charge >= 0.3 is 0 Å². The fraction of sp³-hybridized carbons (Fsp3) is 0.316. The van der Waals surface area contributed by atoms with E-state index < -0.39 is 4.92 Å². The zero-order valence-electron chi connectivity index (χ0n) is 14.7. The van der Waals surface area contributed by atoms with E-state index in [9.17, 15) is 14.9 Å². The van der Waals surface area contributed by atoms with Crippen LogP contribution in [0.2, 0.25) is 0 Å². The molecule has 0 aromatic heterocycles. The summed E-state index contributed by atoms with van der Waals surface area (Å²) in [7, 11) is 0. The number of benzene rings is 2. The Hall–Kier alpha value is -2.93. The first-order chi connectivity index (χ1) is 12.4. The van der Waals surface area contributed by atoms with Gasteiger partial charge in [-0.25, -0.2) is 0 Å². The normalized spacial score (nSPS) is 15.0. The second kappa shape index (κ2) is 7.53. The van der Waals surface area contributed by atoms with Crippen LogP contribution in [0.4, 0.5) is 11.4 Å². The van der Waals surface area contributed by atoms with Crippen molar-refractivity contribution in [2.75, 3.05) is 31.9 Å². The molecule has 7 heteroatoms. The highest BCUT2D eigenvalue weighted by Gasteiger charge is 2.24. The summed E-state index contributed by atoms with van der Waals surface area (Å²) >= 11 is 0. The van der Waals surface area contributed by atoms with Gasteiger partial charge in [-0.15, -0.1) is 0 Å². The zero-order chi connectivity index (χ0) is 18.7. The molecule has 3 rings (SSSR count). The number of hydrogen-bond donors (Lipinski definition) is 1. The number of nitro benzene ring substituents is 1. The van der Waals surface area contributed by atoms with E-state index in [1.807, 2.05) is 0 Å². The van der Waals surface area contributed by atoms with E-state index in [2.05, 4.69) is 36.1 Å². The van der Waals surface area contributed by atoms with E-state index in [1.54, 1.807) is 11.0 Å². The first-order valence-corrected chi connectivity index (χ1v) is 8.55. The van der Waals surface area contributed by atoms with Crippen molar-refractivity contribution in [3.63, 3.8) is 0 Å². The number of carbonyl (C=O) groups excluding carboxylic acids is 1. The number of nitrogen functional groups attached to an aromatic ring is 1. The van der Waals surface area contributed by atoms with Gasteiger partial charge in [-0.1, -0.05) is 29.8 Å². The van der Waals surface area contributed by atoms with Crippen LogP contribution >= 0.6 is 0 Å². The molecule has 1 fully saturated rings. The predicted octanol–water partition coefficient (Wildman–Crippen LogP) is 2.44. The summed E-state index contributed by atoms with van der Waals surface area (Å²) in [6.45, 7) is 5.68. The molecule has 26 heavy (non-hydrogen) atoms. The molecule has 0 aliphatic carbocycles. The van der Waals surface area contributed by atoms with Crippen LogP contribution in [0.5, 0.6) is 0 Å². The highest BCUT2D eigenvalue weighted by atomic mass is 16.6. The average Bonchev–Trinajstić information content (AvgIpc) is 2.62. The lowest BCUT2D eigenvalue weighted by Gasteiger charge is -2.34. The largest absolute Gasteiger partial charge is 0.393 e. The van der Waals surface area contributed by atoms with E-state index >= 15 is 0 Å². The summed E-state index contributed by atoms with van der Waals surface area (Å²) in [6, 6.07) is 12.6. The van der Waals surface area contributed by atoms with E-state index in [-0.39, 0.29) is 17.3 Å². The number of carbonyl (C=O) groups is 1. The number of nitrogens with zero attached hydrogens (tertiary/aromatic N) is 3. The molecule has 1 aliphatic rings. The summed E-state index contributed by atoms with van der Waals surface area (Å²) in [5.74, 6) is -0.191. The Morgan fingerprint density at radius 3 is 2.54 bits per heavy atom. The molecule has 0 atom stereocenters. The standard InChI is InChI=1S/C19H22N4O3/c1-14-3-2-4-15(11-14)13-21-7-9-22(10-8-21)19(24)16-5-6-17(20)18(12-16)23(25)26/h2-6,11-12H,7-10,13,20H2,1H3. The van der Waals surface area contributed by atoms with E-state index in [0.717, 1.165) is 19.6 Å². The number of aryl methyl sites for hydroxylation is 1. The van der Waals surface area contributed by atoms with Crippen LogP contribution in [-0.2, 0) is 6.54 Å². The van der Waals surface area contributed by atoms with Crippen LogP contribution in [0.3, 0.4) is 0 Å². The second-order valence-corrected chi connectivity index (χ2v) is 6.59. The fourth-order valence-corrected chi connectivity index (χ4v) is 3.20. The molecule has 7 nitrogen and oxygen atoms in total. The molecule has 0 spiro atoms. The molecular weight excluding hydrogens is 332 g/mol. The number of anilines is 1. The molecule has 2 aromatic rings. The van der Waals surface area contributed by atoms with Gasteiger partial charge in [0.25, 0.3) is 11.6 Å². The van der Waals surface area contributed by atoms with Gasteiger partial charge in [0.05, 0.1) is 4.92 Å². The predicted molar refractivity (Wildman–Crippen MR) is 99.9 cm³/mol. The first kappa shape index (κ1) is 17.9. The molecular formula is C19H22N4O3. The van der Waals surface area contributed by atoms with Gasteiger partial charge in [-0.2, -0.15) is 0 Å². The third kappa shape index (κ3) is 4.00. The van der Waals surface area contributed by atoms with E-state index in [0.29, 0.717) is 18.7 Å². The minimum atomic E-state index is -0.564. The van der Waals surface area contributed by atoms with Gasteiger partial charge in [0.1, 0.15) is 5.69 Å². The topological polar surface area (TPSA) is 92.7 Å². The van der Waals surface area contributed by atoms with Crippen molar-refractivity contribution in [2.24, 2.45) is 0 Å². The Labute approximate surface area is 152 Å². The average molecular weight is 354 g/mol. The number of rotatable bonds is 4. The Bertz CT molecular complexity index is 829. The van der Waals surface area contributed by atoms with Crippen molar-refractivity contribution in [3.05, 3.63) is 69.3 Å². The minimum Gasteiger partial charge on any atom is -0.393 e. The first-order valence-electron chi connectivity index (χ1n) is 8.55. The molecule has 1 amide bonds. The summed E-state index contributed by atoms with van der Waals surface area (Å²) in [5.41, 5.74) is 8.24. The van der Waals surface area contributed by atoms with Crippen molar-refractivity contribution >= 4 is 17.3 Å². The monoisotopic (exact) mass is 354 g/mol. The van der Waals surface area contributed by atoms with Crippen LogP contribution in [0.15, 0.2) is 42.5 Å². The SMILES string of the molecule is Cc1cccc(CN2CCN(C(=O)c3ccc(N)c([N+](=O)[O-])c3)CC2)c1. The van der Waals surface area contributed by atoms with Crippen LogP contribution in [-0.4, -0.2) is 46.8 Å². The highest BCUT2D eigenvalue weighted by molar-refractivity contribution is 5.95. The molecule has 136 valence electrons. The summed E-state index contributed by atoms with van der Waals surface area (Å²) in [6.07, 6.45) is 0. The number of amides is 1. The van der Waals surface area contributed by atoms with Crippen molar-refractivity contribution in [3.8, 4) is 0 Å². The number of nitro groups is 1. The van der Waals surface area contributed by atoms with Crippen LogP contribution in [0.25, 0.3) is 0 Å². The van der Waals surface area contributed by atoms with Crippen molar-refractivity contribution in [1.82, 2.24) is 9.80 Å². The Morgan fingerprint density at radius 1 is 1.15 bits per heavy atom. The molecule has 2 aromatic carbocycles. The molecule has 1 saturated heterocycles. The van der Waals surface area contributed by atoms with Gasteiger partial charge < -0.3 is 10.6 Å². The van der Waals surface area contributed by atoms with Gasteiger partial charge in [0, 0.05) is 44.4 Å². The maximum absolute atomic E-state index is 12.6. The lowest BCUT2D eigenvalue weighted by Crippen LogP contribution is -2.48. The Kier molecular flexibility index (Phi) is 5.18. The molecule has 1 heterocycles. The molecule has 1 aliphatic heterocycles. The third-order valence-electron chi connectivity index (χ3n) is 4.62. The fourth-order valence-electron chi connectivity index (χ4n) is 3.20. The Balaban J connectivity index is 1.62. The minimum absolute atomic E-state index is 0.0644. The third-order valence-corrected chi connectivity index (χ3v) is 4.62.